The van der Waals surface area contributed by atoms with Crippen LogP contribution in [0, 0.1) is 0 Å². The van der Waals surface area contributed by atoms with Crippen molar-refractivity contribution in [2.45, 2.75) is 4.90 Å². The average Bonchev–Trinajstić information content (AvgIpc) is 2.52. The fraction of sp³-hybridized carbons (Fsp3) is 0.100. The second-order valence-corrected chi connectivity index (χ2v) is 3.90. The molecule has 0 radical (unpaired) electrons. The number of halogens is 1. The van der Waals surface area contributed by atoms with Gasteiger partial charge in [-0.05, 0) is 12.1 Å². The van der Waals surface area contributed by atoms with Gasteiger partial charge in [0.05, 0.1) is 4.91 Å². The van der Waals surface area contributed by atoms with Gasteiger partial charge in [0.25, 0.3) is 0 Å². The van der Waals surface area contributed by atoms with Gasteiger partial charge in [-0.3, -0.25) is 0 Å². The van der Waals surface area contributed by atoms with Crippen molar-refractivity contribution in [1.29, 1.82) is 0 Å². The number of esters is 1. The Hall–Kier alpha value is -1.29. The Morgan fingerprint density at radius 1 is 1.29 bits per heavy atom. The first-order chi connectivity index (χ1) is 6.77. The molecule has 4 heteroatoms. The van der Waals surface area contributed by atoms with Crippen LogP contribution in [-0.2, 0) is 9.53 Å². The Balaban J connectivity index is 2.17. The van der Waals surface area contributed by atoms with Gasteiger partial charge in [0.2, 0.25) is 5.83 Å². The van der Waals surface area contributed by atoms with Crippen LogP contribution in [0.4, 0.5) is 4.39 Å². The molecule has 14 heavy (non-hydrogen) atoms. The SMILES string of the molecule is O=C1OCC(Sc2ccccc2)=C1F. The zero-order valence-corrected chi connectivity index (χ0v) is 8.01. The molecule has 0 amide bonds. The summed E-state index contributed by atoms with van der Waals surface area (Å²) in [4.78, 5) is 12.0. The van der Waals surface area contributed by atoms with Crippen LogP contribution in [0.25, 0.3) is 0 Å². The highest BCUT2D eigenvalue weighted by Crippen LogP contribution is 2.33. The van der Waals surface area contributed by atoms with Crippen molar-refractivity contribution < 1.29 is 13.9 Å². The minimum atomic E-state index is -0.858. The van der Waals surface area contributed by atoms with Gasteiger partial charge in [-0.2, -0.15) is 4.39 Å². The molecule has 0 atom stereocenters. The van der Waals surface area contributed by atoms with Crippen molar-refractivity contribution >= 4 is 17.7 Å². The minimum Gasteiger partial charge on any atom is -0.455 e. The van der Waals surface area contributed by atoms with Crippen molar-refractivity contribution in [2.24, 2.45) is 0 Å². The fourth-order valence-electron chi connectivity index (χ4n) is 1.08. The molecule has 1 aliphatic heterocycles. The van der Waals surface area contributed by atoms with E-state index in [4.69, 9.17) is 0 Å². The third-order valence-electron chi connectivity index (χ3n) is 1.74. The molecular weight excluding hydrogens is 203 g/mol. The number of carbonyl (C=O) groups is 1. The number of thioether (sulfide) groups is 1. The van der Waals surface area contributed by atoms with E-state index in [1.54, 1.807) is 0 Å². The molecule has 0 saturated heterocycles. The van der Waals surface area contributed by atoms with Gasteiger partial charge < -0.3 is 4.74 Å². The second-order valence-electron chi connectivity index (χ2n) is 2.73. The van der Waals surface area contributed by atoms with E-state index in [0.29, 0.717) is 4.91 Å². The van der Waals surface area contributed by atoms with E-state index in [-0.39, 0.29) is 6.61 Å². The van der Waals surface area contributed by atoms with Crippen LogP contribution in [-0.4, -0.2) is 12.6 Å². The van der Waals surface area contributed by atoms with Gasteiger partial charge in [0, 0.05) is 4.90 Å². The predicted molar refractivity (Wildman–Crippen MR) is 51.4 cm³/mol. The molecule has 1 heterocycles. The van der Waals surface area contributed by atoms with Crippen molar-refractivity contribution in [3.8, 4) is 0 Å². The third-order valence-corrected chi connectivity index (χ3v) is 2.79. The summed E-state index contributed by atoms with van der Waals surface area (Å²) in [6.07, 6.45) is 0. The van der Waals surface area contributed by atoms with Gasteiger partial charge in [-0.25, -0.2) is 4.79 Å². The maximum absolute atomic E-state index is 13.1. The molecule has 0 N–H and O–H groups in total. The van der Waals surface area contributed by atoms with E-state index in [1.807, 2.05) is 30.3 Å². The summed E-state index contributed by atoms with van der Waals surface area (Å²) in [6.45, 7) is 0.0459. The standard InChI is InChI=1S/C10H7FO2S/c11-9-8(6-13-10(9)12)14-7-4-2-1-3-5-7/h1-5H,6H2. The summed E-state index contributed by atoms with van der Waals surface area (Å²) < 4.78 is 17.6. The average molecular weight is 210 g/mol. The van der Waals surface area contributed by atoms with Crippen LogP contribution in [0.15, 0.2) is 46.0 Å². The number of hydrogen-bond donors (Lipinski definition) is 0. The predicted octanol–water partition coefficient (Wildman–Crippen LogP) is 2.52. The molecule has 0 saturated carbocycles. The van der Waals surface area contributed by atoms with Gasteiger partial charge >= 0.3 is 5.97 Å². The first-order valence-corrected chi connectivity index (χ1v) is 4.87. The summed E-state index contributed by atoms with van der Waals surface area (Å²) in [5, 5.41) is 0. The number of rotatable bonds is 2. The van der Waals surface area contributed by atoms with Crippen molar-refractivity contribution in [3.63, 3.8) is 0 Å². The van der Waals surface area contributed by atoms with Gasteiger partial charge in [0.15, 0.2) is 0 Å². The first-order valence-electron chi connectivity index (χ1n) is 4.06. The Labute approximate surface area is 84.8 Å². The van der Waals surface area contributed by atoms with Crippen molar-refractivity contribution in [3.05, 3.63) is 41.1 Å². The molecule has 0 bridgehead atoms. The first kappa shape index (κ1) is 9.27. The maximum atomic E-state index is 13.1. The summed E-state index contributed by atoms with van der Waals surface area (Å²) in [6, 6.07) is 9.31. The maximum Gasteiger partial charge on any atom is 0.368 e. The highest BCUT2D eigenvalue weighted by atomic mass is 32.2. The molecular formula is C10H7FO2S. The monoisotopic (exact) mass is 210 g/mol. The van der Waals surface area contributed by atoms with Crippen molar-refractivity contribution in [2.75, 3.05) is 6.61 Å². The van der Waals surface area contributed by atoms with E-state index in [2.05, 4.69) is 4.74 Å². The lowest BCUT2D eigenvalue weighted by atomic mass is 10.4. The number of ether oxygens (including phenoxy) is 1. The van der Waals surface area contributed by atoms with Gasteiger partial charge in [0.1, 0.15) is 6.61 Å². The lowest BCUT2D eigenvalue weighted by Gasteiger charge is -1.98. The Bertz CT molecular complexity index is 386. The van der Waals surface area contributed by atoms with Crippen LogP contribution >= 0.6 is 11.8 Å². The molecule has 1 aliphatic rings. The Kier molecular flexibility index (Phi) is 2.54. The summed E-state index contributed by atoms with van der Waals surface area (Å²) >= 11 is 1.22. The van der Waals surface area contributed by atoms with Crippen LogP contribution in [0.1, 0.15) is 0 Å². The topological polar surface area (TPSA) is 26.3 Å². The number of cyclic esters (lactones) is 1. The lowest BCUT2D eigenvalue weighted by molar-refractivity contribution is -0.137. The third kappa shape index (κ3) is 1.80. The normalized spacial score (nSPS) is 15.9. The van der Waals surface area contributed by atoms with E-state index < -0.39 is 11.8 Å². The second kappa shape index (κ2) is 3.84. The molecule has 2 nitrogen and oxygen atoms in total. The van der Waals surface area contributed by atoms with E-state index in [0.717, 1.165) is 4.90 Å². The molecule has 1 aromatic carbocycles. The molecule has 0 aliphatic carbocycles. The minimum absolute atomic E-state index is 0.0459. The summed E-state index contributed by atoms with van der Waals surface area (Å²) in [5.74, 6) is -1.62. The largest absolute Gasteiger partial charge is 0.455 e. The van der Waals surface area contributed by atoms with Crippen LogP contribution in [0.5, 0.6) is 0 Å². The molecule has 0 fully saturated rings. The van der Waals surface area contributed by atoms with E-state index >= 15 is 0 Å². The Morgan fingerprint density at radius 3 is 2.57 bits per heavy atom. The molecule has 1 aromatic rings. The molecule has 0 aromatic heterocycles. The Morgan fingerprint density at radius 2 is 2.00 bits per heavy atom. The quantitative estimate of drug-likeness (QED) is 0.701. The summed E-state index contributed by atoms with van der Waals surface area (Å²) in [7, 11) is 0. The number of carbonyl (C=O) groups excluding carboxylic acids is 1. The van der Waals surface area contributed by atoms with Crippen molar-refractivity contribution in [1.82, 2.24) is 0 Å². The molecule has 2 rings (SSSR count). The lowest BCUT2D eigenvalue weighted by Crippen LogP contribution is -1.93. The molecule has 0 unspecified atom stereocenters. The van der Waals surface area contributed by atoms with E-state index in [1.165, 1.54) is 11.8 Å². The zero-order valence-electron chi connectivity index (χ0n) is 7.20. The van der Waals surface area contributed by atoms with Crippen LogP contribution in [0.2, 0.25) is 0 Å². The van der Waals surface area contributed by atoms with E-state index in [9.17, 15) is 9.18 Å². The van der Waals surface area contributed by atoms with Crippen LogP contribution in [0.3, 0.4) is 0 Å². The highest BCUT2D eigenvalue weighted by molar-refractivity contribution is 8.03. The molecule has 0 spiro atoms. The number of hydrogen-bond acceptors (Lipinski definition) is 3. The fourth-order valence-corrected chi connectivity index (χ4v) is 1.95. The number of benzene rings is 1. The smallest absolute Gasteiger partial charge is 0.368 e. The van der Waals surface area contributed by atoms with Gasteiger partial charge in [-0.15, -0.1) is 0 Å². The van der Waals surface area contributed by atoms with Gasteiger partial charge in [-0.1, -0.05) is 30.0 Å². The molecule has 72 valence electrons. The zero-order chi connectivity index (χ0) is 9.97. The highest BCUT2D eigenvalue weighted by Gasteiger charge is 2.25. The van der Waals surface area contributed by atoms with Crippen LogP contribution < -0.4 is 0 Å². The summed E-state index contributed by atoms with van der Waals surface area (Å²) in [5.41, 5.74) is 0.